The van der Waals surface area contributed by atoms with E-state index in [-0.39, 0.29) is 9.85 Å². The number of rotatable bonds is 2. The molecule has 1 unspecified atom stereocenters. The highest BCUT2D eigenvalue weighted by Crippen LogP contribution is 2.38. The lowest BCUT2D eigenvalue weighted by Crippen LogP contribution is -1.99. The summed E-state index contributed by atoms with van der Waals surface area (Å²) in [6, 6.07) is 7.91. The normalized spacial score (nSPS) is 12.5. The third-order valence-electron chi connectivity index (χ3n) is 2.83. The van der Waals surface area contributed by atoms with Crippen molar-refractivity contribution in [2.45, 2.75) is 11.8 Å². The topological polar surface area (TPSA) is 0 Å². The second-order valence-electron chi connectivity index (χ2n) is 4.15. The Balaban J connectivity index is 2.52. The summed E-state index contributed by atoms with van der Waals surface area (Å²) in [6.45, 7) is 1.95. The van der Waals surface area contributed by atoms with Crippen LogP contribution in [-0.4, -0.2) is 0 Å². The maximum atomic E-state index is 13.4. The van der Waals surface area contributed by atoms with Crippen molar-refractivity contribution in [2.24, 2.45) is 0 Å². The number of hydrogen-bond donors (Lipinski definition) is 0. The van der Waals surface area contributed by atoms with E-state index >= 15 is 0 Å². The number of hydrogen-bond acceptors (Lipinski definition) is 0. The van der Waals surface area contributed by atoms with E-state index in [1.807, 2.05) is 25.1 Å². The third-order valence-corrected chi connectivity index (χ3v) is 4.63. The molecule has 0 N–H and O–H groups in total. The first-order chi connectivity index (χ1) is 8.90. The fraction of sp³-hybridized carbons (Fsp3) is 0.143. The predicted molar refractivity (Wildman–Crippen MR) is 81.0 cm³/mol. The Hall–Kier alpha value is -0.450. The largest absolute Gasteiger partial charge is 0.204 e. The first-order valence-corrected chi connectivity index (χ1v) is 7.53. The first kappa shape index (κ1) is 14.9. The van der Waals surface area contributed by atoms with Gasteiger partial charge in [0.05, 0.1) is 4.83 Å². The molecule has 0 saturated heterocycles. The molecule has 19 heavy (non-hydrogen) atoms. The summed E-state index contributed by atoms with van der Waals surface area (Å²) in [5.41, 5.74) is 2.48. The van der Waals surface area contributed by atoms with Crippen LogP contribution in [0.1, 0.15) is 21.5 Å². The summed E-state index contributed by atoms with van der Waals surface area (Å²) in [5, 5.41) is 0.195. The van der Waals surface area contributed by atoms with E-state index in [4.69, 9.17) is 11.6 Å². The minimum absolute atomic E-state index is 0.195. The van der Waals surface area contributed by atoms with Crippen molar-refractivity contribution < 1.29 is 8.78 Å². The Labute approximate surface area is 132 Å². The van der Waals surface area contributed by atoms with Gasteiger partial charge in [-0.05, 0) is 47.9 Å². The smallest absolute Gasteiger partial charge is 0.160 e. The van der Waals surface area contributed by atoms with Crippen LogP contribution in [0.4, 0.5) is 8.78 Å². The van der Waals surface area contributed by atoms with Crippen molar-refractivity contribution in [3.63, 3.8) is 0 Å². The fourth-order valence-electron chi connectivity index (χ4n) is 1.78. The molecule has 0 bridgehead atoms. The fourth-order valence-corrected chi connectivity index (χ4v) is 3.43. The summed E-state index contributed by atoms with van der Waals surface area (Å²) in [5.74, 6) is -1.85. The lowest BCUT2D eigenvalue weighted by molar-refractivity contribution is 0.507. The summed E-state index contributed by atoms with van der Waals surface area (Å²) < 4.78 is 27.4. The Kier molecular flexibility index (Phi) is 4.64. The van der Waals surface area contributed by atoms with Gasteiger partial charge >= 0.3 is 0 Å². The highest BCUT2D eigenvalue weighted by molar-refractivity contribution is 9.10. The molecule has 0 nitrogen and oxygen atoms in total. The summed E-state index contributed by atoms with van der Waals surface area (Å²) in [7, 11) is 0. The van der Waals surface area contributed by atoms with Crippen LogP contribution in [0.3, 0.4) is 0 Å². The number of aryl methyl sites for hydroxylation is 1. The maximum absolute atomic E-state index is 13.4. The van der Waals surface area contributed by atoms with E-state index < -0.39 is 11.6 Å². The van der Waals surface area contributed by atoms with E-state index in [1.54, 1.807) is 0 Å². The van der Waals surface area contributed by atoms with Gasteiger partial charge in [-0.15, -0.1) is 0 Å². The van der Waals surface area contributed by atoms with Crippen molar-refractivity contribution in [2.75, 3.05) is 0 Å². The first-order valence-electron chi connectivity index (χ1n) is 5.44. The zero-order chi connectivity index (χ0) is 14.2. The SMILES string of the molecule is Cc1ccc(Br)cc1C(Br)c1cc(F)c(F)cc1Cl. The molecular formula is C14H9Br2ClF2. The van der Waals surface area contributed by atoms with Gasteiger partial charge in [-0.1, -0.05) is 49.5 Å². The highest BCUT2D eigenvalue weighted by Gasteiger charge is 2.18. The van der Waals surface area contributed by atoms with Crippen LogP contribution in [0.15, 0.2) is 34.8 Å². The second-order valence-corrected chi connectivity index (χ2v) is 6.39. The summed E-state index contributed by atoms with van der Waals surface area (Å²) in [4.78, 5) is -0.299. The molecule has 0 amide bonds. The van der Waals surface area contributed by atoms with Gasteiger partial charge in [-0.2, -0.15) is 0 Å². The van der Waals surface area contributed by atoms with Crippen LogP contribution in [0.5, 0.6) is 0 Å². The Morgan fingerprint density at radius 1 is 1.05 bits per heavy atom. The molecule has 0 radical (unpaired) electrons. The standard InChI is InChI=1S/C14H9Br2ClF2/c1-7-2-3-8(15)4-9(7)14(16)10-5-12(18)13(19)6-11(10)17/h2-6,14H,1H3. The van der Waals surface area contributed by atoms with Crippen molar-refractivity contribution >= 4 is 43.5 Å². The van der Waals surface area contributed by atoms with Crippen molar-refractivity contribution in [3.8, 4) is 0 Å². The summed E-state index contributed by atoms with van der Waals surface area (Å²) >= 11 is 12.9. The molecule has 1 atom stereocenters. The quantitative estimate of drug-likeness (QED) is 0.410. The van der Waals surface area contributed by atoms with Gasteiger partial charge in [-0.25, -0.2) is 8.78 Å². The molecule has 0 aliphatic rings. The predicted octanol–water partition coefficient (Wildman–Crippen LogP) is 6.17. The molecular weight excluding hydrogens is 401 g/mol. The monoisotopic (exact) mass is 408 g/mol. The number of alkyl halides is 1. The maximum Gasteiger partial charge on any atom is 0.160 e. The Morgan fingerprint density at radius 3 is 2.37 bits per heavy atom. The molecule has 0 spiro atoms. The van der Waals surface area contributed by atoms with Gasteiger partial charge < -0.3 is 0 Å². The van der Waals surface area contributed by atoms with Gasteiger partial charge in [0, 0.05) is 9.50 Å². The van der Waals surface area contributed by atoms with Crippen LogP contribution >= 0.6 is 43.5 Å². The molecule has 2 aromatic rings. The van der Waals surface area contributed by atoms with Crippen molar-refractivity contribution in [1.29, 1.82) is 0 Å². The average Bonchev–Trinajstić information content (AvgIpc) is 2.36. The Morgan fingerprint density at radius 2 is 1.68 bits per heavy atom. The van der Waals surface area contributed by atoms with Crippen LogP contribution < -0.4 is 0 Å². The Bertz CT molecular complexity index is 629. The molecule has 100 valence electrons. The van der Waals surface area contributed by atoms with E-state index in [0.29, 0.717) is 5.56 Å². The minimum atomic E-state index is -0.945. The minimum Gasteiger partial charge on any atom is -0.204 e. The highest BCUT2D eigenvalue weighted by atomic mass is 79.9. The molecule has 0 fully saturated rings. The zero-order valence-corrected chi connectivity index (χ0v) is 13.8. The molecule has 0 aliphatic heterocycles. The van der Waals surface area contributed by atoms with Crippen LogP contribution in [0, 0.1) is 18.6 Å². The van der Waals surface area contributed by atoms with Gasteiger partial charge in [0.25, 0.3) is 0 Å². The lowest BCUT2D eigenvalue weighted by atomic mass is 10.0. The van der Waals surface area contributed by atoms with Gasteiger partial charge in [0.15, 0.2) is 11.6 Å². The molecule has 0 aromatic heterocycles. The molecule has 5 heteroatoms. The van der Waals surface area contributed by atoms with Crippen molar-refractivity contribution in [1.82, 2.24) is 0 Å². The molecule has 2 aromatic carbocycles. The summed E-state index contributed by atoms with van der Waals surface area (Å²) in [6.07, 6.45) is 0. The van der Waals surface area contributed by atoms with Gasteiger partial charge in [-0.3, -0.25) is 0 Å². The molecule has 0 saturated carbocycles. The zero-order valence-electron chi connectivity index (χ0n) is 9.85. The van der Waals surface area contributed by atoms with Gasteiger partial charge in [0.1, 0.15) is 0 Å². The van der Waals surface area contributed by atoms with Crippen molar-refractivity contribution in [3.05, 3.63) is 68.2 Å². The van der Waals surface area contributed by atoms with Crippen LogP contribution in [-0.2, 0) is 0 Å². The van der Waals surface area contributed by atoms with E-state index in [2.05, 4.69) is 31.9 Å². The average molecular weight is 410 g/mol. The van der Waals surface area contributed by atoms with Crippen LogP contribution in [0.25, 0.3) is 0 Å². The lowest BCUT2D eigenvalue weighted by Gasteiger charge is -2.16. The second kappa shape index (κ2) is 5.90. The van der Waals surface area contributed by atoms with E-state index in [1.165, 1.54) is 0 Å². The number of benzene rings is 2. The molecule has 0 aliphatic carbocycles. The van der Waals surface area contributed by atoms with Gasteiger partial charge in [0.2, 0.25) is 0 Å². The third kappa shape index (κ3) is 3.18. The van der Waals surface area contributed by atoms with E-state index in [9.17, 15) is 8.78 Å². The number of halogens is 5. The molecule has 2 rings (SSSR count). The molecule has 0 heterocycles. The van der Waals surface area contributed by atoms with Crippen LogP contribution in [0.2, 0.25) is 5.02 Å². The van der Waals surface area contributed by atoms with E-state index in [0.717, 1.165) is 27.7 Å².